The number of carbonyl (C=O) groups is 1. The fourth-order valence-corrected chi connectivity index (χ4v) is 2.96. The molecule has 2 aromatic rings. The Bertz CT molecular complexity index is 776. The van der Waals surface area contributed by atoms with Gasteiger partial charge in [0.1, 0.15) is 5.75 Å². The van der Waals surface area contributed by atoms with E-state index >= 15 is 0 Å². The first-order valence-electron chi connectivity index (χ1n) is 8.36. The number of nitrogens with zero attached hydrogens (tertiary/aromatic N) is 1. The van der Waals surface area contributed by atoms with Crippen molar-refractivity contribution in [2.24, 2.45) is 7.05 Å². The van der Waals surface area contributed by atoms with E-state index < -0.39 is 0 Å². The van der Waals surface area contributed by atoms with Gasteiger partial charge in [-0.2, -0.15) is 0 Å². The molecule has 1 aliphatic carbocycles. The van der Waals surface area contributed by atoms with Gasteiger partial charge in [0, 0.05) is 24.9 Å². The Balaban J connectivity index is 1.69. The lowest BCUT2D eigenvalue weighted by atomic mass is 9.98. The molecular weight excluding hydrogens is 304 g/mol. The Morgan fingerprint density at radius 3 is 2.71 bits per heavy atom. The SMILES string of the molecule is Cn1cc(NC(=O)c2cccc(OC3CCCCC3)c2)ccc1=O. The number of hydrogen-bond donors (Lipinski definition) is 1. The maximum absolute atomic E-state index is 12.4. The molecule has 5 nitrogen and oxygen atoms in total. The van der Waals surface area contributed by atoms with E-state index in [2.05, 4.69) is 5.32 Å². The summed E-state index contributed by atoms with van der Waals surface area (Å²) in [4.78, 5) is 23.8. The van der Waals surface area contributed by atoms with Crippen LogP contribution in [0.5, 0.6) is 5.75 Å². The number of hydrogen-bond acceptors (Lipinski definition) is 3. The lowest BCUT2D eigenvalue weighted by Crippen LogP contribution is -2.20. The molecule has 0 aliphatic heterocycles. The molecule has 126 valence electrons. The van der Waals surface area contributed by atoms with Gasteiger partial charge in [0.05, 0.1) is 11.8 Å². The van der Waals surface area contributed by atoms with Gasteiger partial charge < -0.3 is 14.6 Å². The third-order valence-corrected chi connectivity index (χ3v) is 4.29. The minimum Gasteiger partial charge on any atom is -0.490 e. The van der Waals surface area contributed by atoms with Crippen LogP contribution >= 0.6 is 0 Å². The number of benzene rings is 1. The summed E-state index contributed by atoms with van der Waals surface area (Å²) in [7, 11) is 1.65. The first-order chi connectivity index (χ1) is 11.6. The number of rotatable bonds is 4. The summed E-state index contributed by atoms with van der Waals surface area (Å²) in [5.74, 6) is 0.512. The van der Waals surface area contributed by atoms with E-state index in [0.717, 1.165) is 18.6 Å². The Hall–Kier alpha value is -2.56. The first kappa shape index (κ1) is 16.3. The monoisotopic (exact) mass is 326 g/mol. The minimum atomic E-state index is -0.220. The Labute approximate surface area is 141 Å². The number of aromatic nitrogens is 1. The van der Waals surface area contributed by atoms with Gasteiger partial charge in [-0.15, -0.1) is 0 Å². The summed E-state index contributed by atoms with van der Waals surface area (Å²) in [5, 5.41) is 2.80. The van der Waals surface area contributed by atoms with Crippen LogP contribution in [-0.4, -0.2) is 16.6 Å². The highest BCUT2D eigenvalue weighted by Gasteiger charge is 2.15. The van der Waals surface area contributed by atoms with Crippen molar-refractivity contribution in [2.45, 2.75) is 38.2 Å². The van der Waals surface area contributed by atoms with E-state index in [9.17, 15) is 9.59 Å². The molecule has 0 unspecified atom stereocenters. The van der Waals surface area contributed by atoms with Crippen molar-refractivity contribution >= 4 is 11.6 Å². The van der Waals surface area contributed by atoms with Crippen LogP contribution in [0, 0.1) is 0 Å². The van der Waals surface area contributed by atoms with Crippen LogP contribution in [0.1, 0.15) is 42.5 Å². The third kappa shape index (κ3) is 4.04. The lowest BCUT2D eigenvalue weighted by Gasteiger charge is -2.23. The summed E-state index contributed by atoms with van der Waals surface area (Å²) < 4.78 is 7.43. The molecule has 1 aromatic carbocycles. The maximum Gasteiger partial charge on any atom is 0.255 e. The molecule has 3 rings (SSSR count). The van der Waals surface area contributed by atoms with E-state index in [1.54, 1.807) is 31.4 Å². The normalized spacial score (nSPS) is 15.0. The van der Waals surface area contributed by atoms with Gasteiger partial charge in [-0.05, 0) is 49.9 Å². The van der Waals surface area contributed by atoms with E-state index in [-0.39, 0.29) is 17.6 Å². The minimum absolute atomic E-state index is 0.115. The molecule has 0 saturated heterocycles. The molecule has 1 heterocycles. The van der Waals surface area contributed by atoms with Crippen molar-refractivity contribution in [1.29, 1.82) is 0 Å². The zero-order valence-electron chi connectivity index (χ0n) is 13.8. The summed E-state index contributed by atoms with van der Waals surface area (Å²) in [5.41, 5.74) is 1.01. The molecule has 1 aliphatic rings. The fraction of sp³-hybridized carbons (Fsp3) is 0.368. The van der Waals surface area contributed by atoms with Crippen molar-refractivity contribution < 1.29 is 9.53 Å². The summed E-state index contributed by atoms with van der Waals surface area (Å²) >= 11 is 0. The van der Waals surface area contributed by atoms with Crippen LogP contribution < -0.4 is 15.6 Å². The van der Waals surface area contributed by atoms with Gasteiger partial charge in [0.2, 0.25) is 5.56 Å². The van der Waals surface area contributed by atoms with Crippen molar-refractivity contribution in [1.82, 2.24) is 4.57 Å². The molecule has 1 aromatic heterocycles. The highest BCUT2D eigenvalue weighted by molar-refractivity contribution is 6.04. The molecule has 0 atom stereocenters. The molecular formula is C19H22N2O3. The fourth-order valence-electron chi connectivity index (χ4n) is 2.96. The maximum atomic E-state index is 12.4. The molecule has 1 amide bonds. The third-order valence-electron chi connectivity index (χ3n) is 4.29. The number of ether oxygens (including phenoxy) is 1. The van der Waals surface area contributed by atoms with E-state index in [1.807, 2.05) is 12.1 Å². The zero-order chi connectivity index (χ0) is 16.9. The molecule has 1 fully saturated rings. The predicted molar refractivity (Wildman–Crippen MR) is 93.6 cm³/mol. The smallest absolute Gasteiger partial charge is 0.255 e. The van der Waals surface area contributed by atoms with Gasteiger partial charge in [-0.1, -0.05) is 12.5 Å². The number of amides is 1. The van der Waals surface area contributed by atoms with Crippen molar-refractivity contribution in [2.75, 3.05) is 5.32 Å². The number of pyridine rings is 1. The molecule has 0 radical (unpaired) electrons. The van der Waals surface area contributed by atoms with E-state index in [1.165, 1.54) is 29.9 Å². The van der Waals surface area contributed by atoms with Gasteiger partial charge in [-0.3, -0.25) is 9.59 Å². The van der Waals surface area contributed by atoms with Gasteiger partial charge >= 0.3 is 0 Å². The second-order valence-electron chi connectivity index (χ2n) is 6.23. The number of carbonyl (C=O) groups excluding carboxylic acids is 1. The molecule has 24 heavy (non-hydrogen) atoms. The Morgan fingerprint density at radius 2 is 1.96 bits per heavy atom. The van der Waals surface area contributed by atoms with Gasteiger partial charge in [0.15, 0.2) is 0 Å². The second kappa shape index (κ2) is 7.34. The van der Waals surface area contributed by atoms with Crippen molar-refractivity contribution in [3.63, 3.8) is 0 Å². The average Bonchev–Trinajstić information content (AvgIpc) is 2.59. The zero-order valence-corrected chi connectivity index (χ0v) is 13.8. The average molecular weight is 326 g/mol. The number of aryl methyl sites for hydroxylation is 1. The predicted octanol–water partition coefficient (Wildman–Crippen LogP) is 3.35. The highest BCUT2D eigenvalue weighted by atomic mass is 16.5. The topological polar surface area (TPSA) is 60.3 Å². The van der Waals surface area contributed by atoms with Gasteiger partial charge in [0.25, 0.3) is 5.91 Å². The molecule has 0 spiro atoms. The van der Waals surface area contributed by atoms with Crippen LogP contribution in [0.3, 0.4) is 0 Å². The summed E-state index contributed by atoms with van der Waals surface area (Å²) in [6.07, 6.45) is 7.70. The van der Waals surface area contributed by atoms with Crippen LogP contribution in [0.15, 0.2) is 47.4 Å². The van der Waals surface area contributed by atoms with Crippen LogP contribution in [0.4, 0.5) is 5.69 Å². The van der Waals surface area contributed by atoms with Crippen LogP contribution in [-0.2, 0) is 7.05 Å². The number of nitrogens with one attached hydrogen (secondary N) is 1. The standard InChI is InChI=1S/C19H22N2O3/c1-21-13-15(10-11-18(21)22)20-19(23)14-6-5-9-17(12-14)24-16-7-3-2-4-8-16/h5-6,9-13,16H,2-4,7-8H2,1H3,(H,20,23). The quantitative estimate of drug-likeness (QED) is 0.937. The largest absolute Gasteiger partial charge is 0.490 e. The second-order valence-corrected chi connectivity index (χ2v) is 6.23. The summed E-state index contributed by atoms with van der Waals surface area (Å²) in [6.45, 7) is 0. The van der Waals surface area contributed by atoms with E-state index in [4.69, 9.17) is 4.74 Å². The molecule has 1 saturated carbocycles. The Morgan fingerprint density at radius 1 is 1.17 bits per heavy atom. The molecule has 1 N–H and O–H groups in total. The van der Waals surface area contributed by atoms with Crippen LogP contribution in [0.25, 0.3) is 0 Å². The number of anilines is 1. The molecule has 5 heteroatoms. The molecule has 0 bridgehead atoms. The van der Waals surface area contributed by atoms with Gasteiger partial charge in [-0.25, -0.2) is 0 Å². The summed E-state index contributed by atoms with van der Waals surface area (Å²) in [6, 6.07) is 10.3. The lowest BCUT2D eigenvalue weighted by molar-refractivity contribution is 0.102. The first-order valence-corrected chi connectivity index (χ1v) is 8.36. The van der Waals surface area contributed by atoms with Crippen molar-refractivity contribution in [3.8, 4) is 5.75 Å². The van der Waals surface area contributed by atoms with Crippen LogP contribution in [0.2, 0.25) is 0 Å². The van der Waals surface area contributed by atoms with Crippen molar-refractivity contribution in [3.05, 3.63) is 58.5 Å². The Kier molecular flexibility index (Phi) is 4.99. The highest BCUT2D eigenvalue weighted by Crippen LogP contribution is 2.24. The van der Waals surface area contributed by atoms with E-state index in [0.29, 0.717) is 11.3 Å².